The Kier molecular flexibility index (Phi) is 5.57. The third-order valence-corrected chi connectivity index (χ3v) is 6.85. The van der Waals surface area contributed by atoms with Gasteiger partial charge < -0.3 is 18.9 Å². The van der Waals surface area contributed by atoms with E-state index in [1.165, 1.54) is 0 Å². The Morgan fingerprint density at radius 2 is 1.97 bits per heavy atom. The van der Waals surface area contributed by atoms with Crippen LogP contribution in [-0.2, 0) is 24.4 Å². The topological polar surface area (TPSA) is 57.2 Å². The van der Waals surface area contributed by atoms with Crippen LogP contribution in [0.15, 0.2) is 58.8 Å². The van der Waals surface area contributed by atoms with Crippen LogP contribution in [0.3, 0.4) is 0 Å². The summed E-state index contributed by atoms with van der Waals surface area (Å²) in [5, 5.41) is 0.716. The van der Waals surface area contributed by atoms with E-state index >= 15 is 0 Å². The monoisotopic (exact) mass is 539 g/mol. The van der Waals surface area contributed by atoms with Gasteiger partial charge in [-0.2, -0.15) is 0 Å². The first-order valence-electron chi connectivity index (χ1n) is 10.8. The van der Waals surface area contributed by atoms with Crippen molar-refractivity contribution >= 4 is 39.4 Å². The van der Waals surface area contributed by atoms with Gasteiger partial charge in [0.1, 0.15) is 24.0 Å². The molecule has 0 bridgehead atoms. The number of Topliss-reactive ketones (excluding diaryl/α,β-unsaturated/α-hetero) is 1. The Bertz CT molecular complexity index is 1360. The van der Waals surface area contributed by atoms with Crippen molar-refractivity contribution in [1.29, 1.82) is 0 Å². The Morgan fingerprint density at radius 1 is 1.09 bits per heavy atom. The summed E-state index contributed by atoms with van der Waals surface area (Å²) in [7, 11) is 0. The first-order valence-corrected chi connectivity index (χ1v) is 12.0. The van der Waals surface area contributed by atoms with Crippen LogP contribution in [0.5, 0.6) is 17.2 Å². The molecular weight excluding hydrogens is 522 g/mol. The number of hydrogen-bond acceptors (Lipinski definition) is 6. The quantitative estimate of drug-likeness (QED) is 0.384. The van der Waals surface area contributed by atoms with E-state index < -0.39 is 0 Å². The number of carbonyl (C=O) groups excluding carboxylic acids is 1. The molecule has 0 fully saturated rings. The Balaban J connectivity index is 1.32. The van der Waals surface area contributed by atoms with Crippen LogP contribution >= 0.6 is 27.5 Å². The fourth-order valence-electron chi connectivity index (χ4n) is 4.43. The first kappa shape index (κ1) is 21.7. The fourth-order valence-corrected chi connectivity index (χ4v) is 5.15. The number of hydrogen-bond donors (Lipinski definition) is 0. The summed E-state index contributed by atoms with van der Waals surface area (Å²) >= 11 is 9.87. The number of ketones is 1. The van der Waals surface area contributed by atoms with Crippen molar-refractivity contribution in [2.24, 2.45) is 0 Å². The second kappa shape index (κ2) is 8.74. The highest BCUT2D eigenvalue weighted by molar-refractivity contribution is 9.10. The summed E-state index contributed by atoms with van der Waals surface area (Å²) < 4.78 is 24.1. The molecule has 0 atom stereocenters. The molecule has 172 valence electrons. The summed E-state index contributed by atoms with van der Waals surface area (Å²) in [5.41, 5.74) is 4.07. The van der Waals surface area contributed by atoms with Crippen LogP contribution in [0.4, 0.5) is 0 Å². The predicted molar refractivity (Wildman–Crippen MR) is 130 cm³/mol. The SMILES string of the molecule is O=C1/C(=C/c2cc(Br)cc3c2OCOC3)Oc2c1ccc1c2CN(Cc2ccccc2Cl)CO1. The molecule has 3 aromatic carbocycles. The number of halogens is 2. The van der Waals surface area contributed by atoms with Crippen molar-refractivity contribution in [3.8, 4) is 17.2 Å². The predicted octanol–water partition coefficient (Wildman–Crippen LogP) is 5.94. The van der Waals surface area contributed by atoms with Gasteiger partial charge in [-0.05, 0) is 42.0 Å². The molecule has 0 radical (unpaired) electrons. The number of carbonyl (C=O) groups is 1. The lowest BCUT2D eigenvalue weighted by atomic mass is 10.0. The van der Waals surface area contributed by atoms with Gasteiger partial charge in [-0.25, -0.2) is 0 Å². The molecule has 34 heavy (non-hydrogen) atoms. The summed E-state index contributed by atoms with van der Waals surface area (Å²) in [5.74, 6) is 2.06. The number of fused-ring (bicyclic) bond motifs is 4. The maximum Gasteiger partial charge on any atom is 0.231 e. The Hall–Kier alpha value is -2.84. The lowest BCUT2D eigenvalue weighted by Gasteiger charge is -2.30. The Labute approximate surface area is 209 Å². The first-order chi connectivity index (χ1) is 16.6. The second-order valence-electron chi connectivity index (χ2n) is 8.30. The number of rotatable bonds is 3. The van der Waals surface area contributed by atoms with E-state index in [0.29, 0.717) is 48.5 Å². The normalized spacial score (nSPS) is 17.9. The minimum absolute atomic E-state index is 0.165. The lowest BCUT2D eigenvalue weighted by Crippen LogP contribution is -2.31. The van der Waals surface area contributed by atoms with Gasteiger partial charge in [-0.1, -0.05) is 45.7 Å². The zero-order chi connectivity index (χ0) is 23.2. The molecule has 3 aliphatic heterocycles. The molecular formula is C26H19BrClNO5. The highest BCUT2D eigenvalue weighted by Crippen LogP contribution is 2.43. The van der Waals surface area contributed by atoms with E-state index in [-0.39, 0.29) is 18.3 Å². The molecule has 0 amide bonds. The van der Waals surface area contributed by atoms with Gasteiger partial charge in [0.2, 0.25) is 5.78 Å². The zero-order valence-corrected chi connectivity index (χ0v) is 20.3. The van der Waals surface area contributed by atoms with Crippen LogP contribution in [0.25, 0.3) is 6.08 Å². The van der Waals surface area contributed by atoms with Gasteiger partial charge in [-0.3, -0.25) is 9.69 Å². The van der Waals surface area contributed by atoms with Gasteiger partial charge in [0.05, 0.1) is 17.7 Å². The Morgan fingerprint density at radius 3 is 2.85 bits per heavy atom. The van der Waals surface area contributed by atoms with Crippen LogP contribution in [0.2, 0.25) is 5.02 Å². The number of benzene rings is 3. The molecule has 0 saturated heterocycles. The van der Waals surface area contributed by atoms with E-state index in [4.69, 9.17) is 30.5 Å². The molecule has 6 rings (SSSR count). The minimum Gasteiger partial charge on any atom is -0.478 e. The maximum absolute atomic E-state index is 13.2. The third kappa shape index (κ3) is 3.88. The van der Waals surface area contributed by atoms with Crippen molar-refractivity contribution in [2.75, 3.05) is 13.5 Å². The second-order valence-corrected chi connectivity index (χ2v) is 9.63. The fraction of sp³-hybridized carbons (Fsp3) is 0.192. The smallest absolute Gasteiger partial charge is 0.231 e. The highest BCUT2D eigenvalue weighted by Gasteiger charge is 2.34. The minimum atomic E-state index is -0.165. The molecule has 3 heterocycles. The van der Waals surface area contributed by atoms with Crippen molar-refractivity contribution in [2.45, 2.75) is 19.7 Å². The largest absolute Gasteiger partial charge is 0.478 e. The highest BCUT2D eigenvalue weighted by atomic mass is 79.9. The van der Waals surface area contributed by atoms with Gasteiger partial charge in [0.15, 0.2) is 12.6 Å². The summed E-state index contributed by atoms with van der Waals surface area (Å²) in [6, 6.07) is 15.2. The van der Waals surface area contributed by atoms with Gasteiger partial charge in [-0.15, -0.1) is 0 Å². The molecule has 0 aliphatic carbocycles. The standard InChI is InChI=1S/C26H19BrClNO5/c27-18-7-16(25-17(8-18)12-31-14-33-25)9-23-24(30)19-5-6-22-20(26(19)34-23)11-29(13-32-22)10-15-3-1-2-4-21(15)28/h1-9H,10-14H2/b23-9-. The molecule has 8 heteroatoms. The van der Waals surface area contributed by atoms with Crippen molar-refractivity contribution in [3.05, 3.63) is 91.6 Å². The average molecular weight is 541 g/mol. The van der Waals surface area contributed by atoms with Crippen molar-refractivity contribution in [3.63, 3.8) is 0 Å². The zero-order valence-electron chi connectivity index (χ0n) is 18.0. The summed E-state index contributed by atoms with van der Waals surface area (Å²) in [6.45, 7) is 2.26. The molecule has 0 aromatic heterocycles. The van der Waals surface area contributed by atoms with Gasteiger partial charge in [0, 0.05) is 33.7 Å². The van der Waals surface area contributed by atoms with Crippen molar-refractivity contribution in [1.82, 2.24) is 4.90 Å². The number of allylic oxidation sites excluding steroid dienone is 1. The molecule has 0 spiro atoms. The molecule has 3 aromatic rings. The van der Waals surface area contributed by atoms with Crippen LogP contribution in [-0.4, -0.2) is 24.2 Å². The van der Waals surface area contributed by atoms with Gasteiger partial charge in [0.25, 0.3) is 0 Å². The van der Waals surface area contributed by atoms with Crippen LogP contribution in [0, 0.1) is 0 Å². The molecule has 0 saturated carbocycles. The third-order valence-electron chi connectivity index (χ3n) is 6.02. The molecule has 0 N–H and O–H groups in total. The van der Waals surface area contributed by atoms with Gasteiger partial charge >= 0.3 is 0 Å². The lowest BCUT2D eigenvalue weighted by molar-refractivity contribution is -0.0165. The van der Waals surface area contributed by atoms with Crippen LogP contribution in [0.1, 0.15) is 32.6 Å². The average Bonchev–Trinajstić information content (AvgIpc) is 3.16. The number of ether oxygens (including phenoxy) is 4. The van der Waals surface area contributed by atoms with E-state index in [2.05, 4.69) is 20.8 Å². The molecule has 3 aliphatic rings. The summed E-state index contributed by atoms with van der Waals surface area (Å²) in [6.07, 6.45) is 1.73. The molecule has 6 nitrogen and oxygen atoms in total. The van der Waals surface area contributed by atoms with E-state index in [9.17, 15) is 4.79 Å². The van der Waals surface area contributed by atoms with Crippen LogP contribution < -0.4 is 14.2 Å². The van der Waals surface area contributed by atoms with E-state index in [0.717, 1.165) is 32.5 Å². The molecule has 0 unspecified atom stereocenters. The maximum atomic E-state index is 13.2. The van der Waals surface area contributed by atoms with E-state index in [1.807, 2.05) is 42.5 Å². The summed E-state index contributed by atoms with van der Waals surface area (Å²) in [4.78, 5) is 15.3. The van der Waals surface area contributed by atoms with Crippen molar-refractivity contribution < 1.29 is 23.7 Å². The number of nitrogens with zero attached hydrogens (tertiary/aromatic N) is 1. The van der Waals surface area contributed by atoms with E-state index in [1.54, 1.807) is 12.1 Å².